The van der Waals surface area contributed by atoms with Crippen LogP contribution >= 0.6 is 11.6 Å². The van der Waals surface area contributed by atoms with Gasteiger partial charge >= 0.3 is 5.97 Å². The molecule has 0 atom stereocenters. The molecular weight excluding hydrogens is 390 g/mol. The summed E-state index contributed by atoms with van der Waals surface area (Å²) in [6.07, 6.45) is 1.83. The number of carbonyl (C=O) groups is 2. The summed E-state index contributed by atoms with van der Waals surface area (Å²) in [5.74, 6) is -1.20. The highest BCUT2D eigenvalue weighted by Crippen LogP contribution is 2.21. The van der Waals surface area contributed by atoms with Gasteiger partial charge in [-0.3, -0.25) is 13.9 Å². The maximum Gasteiger partial charge on any atom is 0.327 e. The predicted octanol–water partition coefficient (Wildman–Crippen LogP) is 3.09. The molecule has 8 heteroatoms. The molecule has 0 aliphatic heterocycles. The third-order valence-corrected chi connectivity index (χ3v) is 5.19. The first-order valence-corrected chi connectivity index (χ1v) is 10.4. The van der Waals surface area contributed by atoms with Crippen molar-refractivity contribution in [3.8, 4) is 0 Å². The van der Waals surface area contributed by atoms with Crippen molar-refractivity contribution in [2.24, 2.45) is 0 Å². The van der Waals surface area contributed by atoms with Crippen molar-refractivity contribution in [3.63, 3.8) is 0 Å². The minimum atomic E-state index is -3.74. The first-order chi connectivity index (χ1) is 12.7. The van der Waals surface area contributed by atoms with E-state index in [0.717, 1.165) is 22.5 Å². The average Bonchev–Trinajstić information content (AvgIpc) is 2.63. The Bertz CT molecular complexity index is 925. The fourth-order valence-electron chi connectivity index (χ4n) is 2.35. The molecule has 6 nitrogen and oxygen atoms in total. The smallest absolute Gasteiger partial charge is 0.327 e. The molecule has 2 aromatic carbocycles. The number of ether oxygens (including phenoxy) is 1. The maximum absolute atomic E-state index is 12.1. The topological polar surface area (TPSA) is 80.8 Å². The lowest BCUT2D eigenvalue weighted by molar-refractivity contribution is -0.140. The Labute approximate surface area is 163 Å². The van der Waals surface area contributed by atoms with E-state index in [1.54, 1.807) is 24.3 Å². The van der Waals surface area contributed by atoms with Crippen LogP contribution in [0.3, 0.4) is 0 Å². The highest BCUT2D eigenvalue weighted by molar-refractivity contribution is 7.92. The molecule has 0 fully saturated rings. The molecule has 2 rings (SSSR count). The van der Waals surface area contributed by atoms with Gasteiger partial charge in [0.05, 0.1) is 11.9 Å². The quantitative estimate of drug-likeness (QED) is 0.494. The van der Waals surface area contributed by atoms with Gasteiger partial charge in [0.2, 0.25) is 10.0 Å². The van der Waals surface area contributed by atoms with Gasteiger partial charge in [0.1, 0.15) is 6.54 Å². The van der Waals surface area contributed by atoms with Crippen LogP contribution in [-0.4, -0.2) is 39.6 Å². The highest BCUT2D eigenvalue weighted by Gasteiger charge is 2.22. The average molecular weight is 410 g/mol. The van der Waals surface area contributed by atoms with Gasteiger partial charge < -0.3 is 4.74 Å². The number of sulfonamides is 1. The molecular formula is C19H20ClNO5S. The summed E-state index contributed by atoms with van der Waals surface area (Å²) in [6.45, 7) is 0.991. The molecule has 0 unspecified atom stereocenters. The lowest BCUT2D eigenvalue weighted by atomic mass is 10.1. The summed E-state index contributed by atoms with van der Waals surface area (Å²) in [7, 11) is -3.74. The Kier molecular flexibility index (Phi) is 6.98. The zero-order chi connectivity index (χ0) is 20.0. The summed E-state index contributed by atoms with van der Waals surface area (Å²) in [5, 5.41) is 0.334. The zero-order valence-corrected chi connectivity index (χ0v) is 16.6. The van der Waals surface area contributed by atoms with Crippen LogP contribution in [0.2, 0.25) is 5.02 Å². The van der Waals surface area contributed by atoms with E-state index in [9.17, 15) is 18.0 Å². The van der Waals surface area contributed by atoms with Crippen LogP contribution in [0.4, 0.5) is 5.69 Å². The number of rotatable bonds is 8. The van der Waals surface area contributed by atoms with Crippen molar-refractivity contribution in [1.29, 1.82) is 0 Å². The van der Waals surface area contributed by atoms with Crippen molar-refractivity contribution >= 4 is 39.1 Å². The van der Waals surface area contributed by atoms with E-state index in [4.69, 9.17) is 16.3 Å². The lowest BCUT2D eigenvalue weighted by Crippen LogP contribution is -2.36. The van der Waals surface area contributed by atoms with Crippen LogP contribution in [0.5, 0.6) is 0 Å². The number of benzene rings is 2. The minimum Gasteiger partial charge on any atom is -0.456 e. The molecule has 0 amide bonds. The van der Waals surface area contributed by atoms with Crippen molar-refractivity contribution in [2.75, 3.05) is 23.7 Å². The van der Waals surface area contributed by atoms with Crippen LogP contribution < -0.4 is 4.31 Å². The molecule has 27 heavy (non-hydrogen) atoms. The number of esters is 1. The number of hydrogen-bond acceptors (Lipinski definition) is 5. The number of nitrogens with zero attached hydrogens (tertiary/aromatic N) is 1. The van der Waals surface area contributed by atoms with Crippen LogP contribution in [-0.2, 0) is 26.0 Å². The Morgan fingerprint density at radius 3 is 2.33 bits per heavy atom. The van der Waals surface area contributed by atoms with Crippen LogP contribution in [0.1, 0.15) is 22.8 Å². The van der Waals surface area contributed by atoms with E-state index in [2.05, 4.69) is 0 Å². The van der Waals surface area contributed by atoms with E-state index >= 15 is 0 Å². The summed E-state index contributed by atoms with van der Waals surface area (Å²) in [6, 6.07) is 13.1. The molecule has 0 bridgehead atoms. The van der Waals surface area contributed by atoms with E-state index in [0.29, 0.717) is 10.6 Å². The molecule has 144 valence electrons. The van der Waals surface area contributed by atoms with Gasteiger partial charge in [0, 0.05) is 10.6 Å². The molecule has 0 N–H and O–H groups in total. The van der Waals surface area contributed by atoms with Crippen molar-refractivity contribution in [1.82, 2.24) is 0 Å². The normalized spacial score (nSPS) is 11.1. The van der Waals surface area contributed by atoms with Gasteiger partial charge in [0.25, 0.3) is 0 Å². The number of aryl methyl sites for hydroxylation is 1. The molecule has 2 aromatic rings. The molecule has 0 spiro atoms. The van der Waals surface area contributed by atoms with E-state index in [1.807, 2.05) is 19.1 Å². The molecule has 0 aliphatic rings. The molecule has 0 aromatic heterocycles. The predicted molar refractivity (Wildman–Crippen MR) is 105 cm³/mol. The van der Waals surface area contributed by atoms with Gasteiger partial charge in [-0.05, 0) is 30.2 Å². The second-order valence-corrected chi connectivity index (χ2v) is 8.23. The zero-order valence-electron chi connectivity index (χ0n) is 15.0. The number of halogens is 1. The summed E-state index contributed by atoms with van der Waals surface area (Å²) in [5.41, 5.74) is 1.76. The standard InChI is InChI=1S/C19H20ClNO5S/c1-3-14-7-9-15(10-8-14)18(22)13-26-19(23)12-21(27(2,24)25)17-6-4-5-16(20)11-17/h4-11H,3,12-13H2,1-2H3. The Morgan fingerprint density at radius 1 is 1.11 bits per heavy atom. The van der Waals surface area contributed by atoms with E-state index in [1.165, 1.54) is 12.1 Å². The second kappa shape index (κ2) is 9.01. The Hall–Kier alpha value is -2.38. The van der Waals surface area contributed by atoms with E-state index in [-0.39, 0.29) is 11.5 Å². The molecule has 0 radical (unpaired) electrons. The van der Waals surface area contributed by atoms with Gasteiger partial charge in [-0.15, -0.1) is 0 Å². The van der Waals surface area contributed by atoms with Gasteiger partial charge in [0.15, 0.2) is 12.4 Å². The monoisotopic (exact) mass is 409 g/mol. The van der Waals surface area contributed by atoms with Crippen molar-refractivity contribution in [2.45, 2.75) is 13.3 Å². The molecule has 0 saturated carbocycles. The summed E-state index contributed by atoms with van der Waals surface area (Å²) >= 11 is 5.89. The van der Waals surface area contributed by atoms with Crippen LogP contribution in [0, 0.1) is 0 Å². The van der Waals surface area contributed by atoms with Crippen molar-refractivity contribution < 1.29 is 22.7 Å². The second-order valence-electron chi connectivity index (χ2n) is 5.88. The number of carbonyl (C=O) groups excluding carboxylic acids is 2. The Balaban J connectivity index is 2.02. The first kappa shape index (κ1) is 20.9. The first-order valence-electron chi connectivity index (χ1n) is 8.21. The van der Waals surface area contributed by atoms with Gasteiger partial charge in [-0.2, -0.15) is 0 Å². The lowest BCUT2D eigenvalue weighted by Gasteiger charge is -2.21. The fourth-order valence-corrected chi connectivity index (χ4v) is 3.37. The van der Waals surface area contributed by atoms with Crippen LogP contribution in [0.15, 0.2) is 48.5 Å². The SMILES string of the molecule is CCc1ccc(C(=O)COC(=O)CN(c2cccc(Cl)c2)S(C)(=O)=O)cc1. The molecule has 0 aliphatic carbocycles. The Morgan fingerprint density at radius 2 is 1.78 bits per heavy atom. The number of ketones is 1. The summed E-state index contributed by atoms with van der Waals surface area (Å²) < 4.78 is 29.9. The van der Waals surface area contributed by atoms with E-state index < -0.39 is 29.1 Å². The fraction of sp³-hybridized carbons (Fsp3) is 0.263. The summed E-state index contributed by atoms with van der Waals surface area (Å²) in [4.78, 5) is 24.2. The number of Topliss-reactive ketones (excluding diaryl/α,β-unsaturated/α-hetero) is 1. The third kappa shape index (κ3) is 6.08. The van der Waals surface area contributed by atoms with Gasteiger partial charge in [-0.25, -0.2) is 8.42 Å². The number of anilines is 1. The maximum atomic E-state index is 12.1. The van der Waals surface area contributed by atoms with Gasteiger partial charge in [-0.1, -0.05) is 48.9 Å². The number of hydrogen-bond donors (Lipinski definition) is 0. The van der Waals surface area contributed by atoms with Crippen LogP contribution in [0.25, 0.3) is 0 Å². The minimum absolute atomic E-state index is 0.239. The molecule has 0 saturated heterocycles. The highest BCUT2D eigenvalue weighted by atomic mass is 35.5. The molecule has 0 heterocycles. The third-order valence-electron chi connectivity index (χ3n) is 3.82. The largest absolute Gasteiger partial charge is 0.456 e. The van der Waals surface area contributed by atoms with Crippen molar-refractivity contribution in [3.05, 3.63) is 64.7 Å².